The molecule has 0 fully saturated rings. The summed E-state index contributed by atoms with van der Waals surface area (Å²) in [5, 5.41) is 3.48. The fourth-order valence-electron chi connectivity index (χ4n) is 3.97. The summed E-state index contributed by atoms with van der Waals surface area (Å²) < 4.78 is 0. The van der Waals surface area contributed by atoms with Crippen molar-refractivity contribution in [3.05, 3.63) is 88.9 Å². The molecule has 0 spiro atoms. The Bertz CT molecular complexity index is 1190. The molecule has 7 heteroatoms. The molecule has 0 saturated carbocycles. The van der Waals surface area contributed by atoms with Crippen LogP contribution in [0.5, 0.6) is 0 Å². The van der Waals surface area contributed by atoms with Crippen molar-refractivity contribution >= 4 is 46.2 Å². The number of rotatable bonds is 7. The maximum atomic E-state index is 13.0. The van der Waals surface area contributed by atoms with E-state index in [4.69, 9.17) is 22.3 Å². The molecule has 1 aliphatic heterocycles. The second kappa shape index (κ2) is 9.98. The van der Waals surface area contributed by atoms with Crippen LogP contribution < -0.4 is 16.0 Å². The molecule has 2 amide bonds. The number of anilines is 2. The normalized spacial score (nSPS) is 15.2. The number of hydrogen-bond acceptors (Lipinski definition) is 4. The number of benzene rings is 3. The van der Waals surface area contributed by atoms with E-state index < -0.39 is 5.92 Å². The van der Waals surface area contributed by atoms with E-state index in [1.165, 1.54) is 0 Å². The Morgan fingerprint density at radius 3 is 2.48 bits per heavy atom. The van der Waals surface area contributed by atoms with Crippen molar-refractivity contribution in [2.24, 2.45) is 10.7 Å². The number of carbonyl (C=O) groups is 2. The average molecular weight is 461 g/mol. The van der Waals surface area contributed by atoms with Crippen LogP contribution in [0.1, 0.15) is 30.4 Å². The van der Waals surface area contributed by atoms with Gasteiger partial charge in [0.05, 0.1) is 11.4 Å². The largest absolute Gasteiger partial charge is 0.330 e. The van der Waals surface area contributed by atoms with E-state index in [2.05, 4.69) is 5.32 Å². The summed E-state index contributed by atoms with van der Waals surface area (Å²) in [5.41, 5.74) is 10.1. The Morgan fingerprint density at radius 1 is 1.09 bits per heavy atom. The van der Waals surface area contributed by atoms with Crippen molar-refractivity contribution in [2.75, 3.05) is 23.3 Å². The van der Waals surface area contributed by atoms with Crippen LogP contribution >= 0.6 is 11.6 Å². The molecule has 1 atom stereocenters. The highest BCUT2D eigenvalue weighted by Gasteiger charge is 2.35. The highest BCUT2D eigenvalue weighted by molar-refractivity contribution is 6.31. The molecule has 6 nitrogen and oxygen atoms in total. The first-order chi connectivity index (χ1) is 16.0. The van der Waals surface area contributed by atoms with E-state index in [0.717, 1.165) is 23.2 Å². The maximum absolute atomic E-state index is 13.0. The third-order valence-corrected chi connectivity index (χ3v) is 5.80. The maximum Gasteiger partial charge on any atom is 0.238 e. The van der Waals surface area contributed by atoms with Gasteiger partial charge >= 0.3 is 0 Å². The van der Waals surface area contributed by atoms with Gasteiger partial charge in [-0.05, 0) is 60.5 Å². The lowest BCUT2D eigenvalue weighted by molar-refractivity contribution is -0.117. The minimum absolute atomic E-state index is 0.0393. The predicted octanol–water partition coefficient (Wildman–Crippen LogP) is 4.90. The number of aliphatic imine (C=N–C) groups is 1. The van der Waals surface area contributed by atoms with E-state index >= 15 is 0 Å². The third-order valence-electron chi connectivity index (χ3n) is 5.57. The predicted molar refractivity (Wildman–Crippen MR) is 134 cm³/mol. The molecular formula is C26H25ClN4O2. The molecular weight excluding hydrogens is 436 g/mol. The standard InChI is InChI=1S/C26H25ClN4O2/c1-17(32)31(15-5-14-28)21-11-9-20(10-12-21)29-25(18-6-3-2-4-7-18)24-22-13-8-19(27)16-23(22)30-26(24)33/h2-4,6-13,16,24H,5,14-15,28H2,1H3,(H,30,33). The van der Waals surface area contributed by atoms with E-state index in [1.807, 2.05) is 60.7 Å². The zero-order valence-electron chi connectivity index (χ0n) is 18.3. The van der Waals surface area contributed by atoms with Gasteiger partial charge in [0.25, 0.3) is 0 Å². The Balaban J connectivity index is 1.73. The van der Waals surface area contributed by atoms with Crippen LogP contribution in [0.2, 0.25) is 5.02 Å². The minimum Gasteiger partial charge on any atom is -0.330 e. The van der Waals surface area contributed by atoms with Crippen LogP contribution in [0, 0.1) is 0 Å². The molecule has 0 aliphatic carbocycles. The summed E-state index contributed by atoms with van der Waals surface area (Å²) in [5.74, 6) is -0.740. The Hall–Kier alpha value is -3.48. The van der Waals surface area contributed by atoms with Gasteiger partial charge in [-0.15, -0.1) is 0 Å². The second-order valence-electron chi connectivity index (χ2n) is 7.85. The number of halogens is 1. The SMILES string of the molecule is CC(=O)N(CCCN)c1ccc(N=C(c2ccccc2)C2C(=O)Nc3cc(Cl)ccc32)cc1. The first-order valence-electron chi connectivity index (χ1n) is 10.8. The van der Waals surface area contributed by atoms with Crippen LogP contribution in [-0.2, 0) is 9.59 Å². The van der Waals surface area contributed by atoms with Crippen LogP contribution in [0.3, 0.4) is 0 Å². The summed E-state index contributed by atoms with van der Waals surface area (Å²) in [4.78, 5) is 31.6. The highest BCUT2D eigenvalue weighted by atomic mass is 35.5. The monoisotopic (exact) mass is 460 g/mol. The average Bonchev–Trinajstić information content (AvgIpc) is 3.13. The molecule has 3 aromatic carbocycles. The zero-order valence-corrected chi connectivity index (χ0v) is 19.0. The number of nitrogens with two attached hydrogens (primary N) is 1. The number of fused-ring (bicyclic) bond motifs is 1. The quantitative estimate of drug-likeness (QED) is 0.491. The lowest BCUT2D eigenvalue weighted by Gasteiger charge is -2.21. The van der Waals surface area contributed by atoms with Gasteiger partial charge in [0.15, 0.2) is 0 Å². The van der Waals surface area contributed by atoms with Gasteiger partial charge < -0.3 is 16.0 Å². The second-order valence-corrected chi connectivity index (χ2v) is 8.28. The summed E-state index contributed by atoms with van der Waals surface area (Å²) in [7, 11) is 0. The van der Waals surface area contributed by atoms with Gasteiger partial charge in [-0.2, -0.15) is 0 Å². The summed E-state index contributed by atoms with van der Waals surface area (Å²) in [6, 6.07) is 22.5. The Morgan fingerprint density at radius 2 is 1.82 bits per heavy atom. The van der Waals surface area contributed by atoms with Crippen LogP contribution in [-0.4, -0.2) is 30.6 Å². The van der Waals surface area contributed by atoms with Crippen LogP contribution in [0.4, 0.5) is 17.1 Å². The highest BCUT2D eigenvalue weighted by Crippen LogP contribution is 2.37. The molecule has 3 aromatic rings. The molecule has 1 heterocycles. The van der Waals surface area contributed by atoms with Crippen molar-refractivity contribution in [1.82, 2.24) is 0 Å². The lowest BCUT2D eigenvalue weighted by atomic mass is 9.90. The molecule has 0 saturated heterocycles. The molecule has 0 aromatic heterocycles. The zero-order chi connectivity index (χ0) is 23.4. The fraction of sp³-hybridized carbons (Fsp3) is 0.192. The van der Waals surface area contributed by atoms with Gasteiger partial charge in [-0.3, -0.25) is 14.6 Å². The molecule has 0 bridgehead atoms. The van der Waals surface area contributed by atoms with E-state index in [0.29, 0.717) is 35.2 Å². The smallest absolute Gasteiger partial charge is 0.238 e. The van der Waals surface area contributed by atoms with Gasteiger partial charge in [0.1, 0.15) is 5.92 Å². The summed E-state index contributed by atoms with van der Waals surface area (Å²) in [6.45, 7) is 2.62. The number of carbonyl (C=O) groups excluding carboxylic acids is 2. The fourth-order valence-corrected chi connectivity index (χ4v) is 4.15. The topological polar surface area (TPSA) is 87.8 Å². The third kappa shape index (κ3) is 4.97. The number of nitrogens with one attached hydrogen (secondary N) is 1. The number of nitrogens with zero attached hydrogens (tertiary/aromatic N) is 2. The Labute approximate surface area is 198 Å². The molecule has 33 heavy (non-hydrogen) atoms. The van der Waals surface area contributed by atoms with Crippen molar-refractivity contribution < 1.29 is 9.59 Å². The number of hydrogen-bond donors (Lipinski definition) is 2. The van der Waals surface area contributed by atoms with Crippen LogP contribution in [0.15, 0.2) is 77.8 Å². The van der Waals surface area contributed by atoms with Gasteiger partial charge in [-0.25, -0.2) is 0 Å². The van der Waals surface area contributed by atoms with Crippen molar-refractivity contribution in [1.29, 1.82) is 0 Å². The van der Waals surface area contributed by atoms with Crippen molar-refractivity contribution in [3.8, 4) is 0 Å². The van der Waals surface area contributed by atoms with Gasteiger partial charge in [-0.1, -0.05) is 48.0 Å². The van der Waals surface area contributed by atoms with Gasteiger partial charge in [0.2, 0.25) is 11.8 Å². The van der Waals surface area contributed by atoms with E-state index in [1.54, 1.807) is 24.0 Å². The van der Waals surface area contributed by atoms with Crippen molar-refractivity contribution in [3.63, 3.8) is 0 Å². The van der Waals surface area contributed by atoms with Crippen molar-refractivity contribution in [2.45, 2.75) is 19.3 Å². The van der Waals surface area contributed by atoms with Crippen LogP contribution in [0.25, 0.3) is 0 Å². The Kier molecular flexibility index (Phi) is 6.87. The first kappa shape index (κ1) is 22.7. The molecule has 4 rings (SSSR count). The van der Waals surface area contributed by atoms with E-state index in [-0.39, 0.29) is 11.8 Å². The van der Waals surface area contributed by atoms with Gasteiger partial charge in [0, 0.05) is 29.9 Å². The molecule has 168 valence electrons. The first-order valence-corrected chi connectivity index (χ1v) is 11.2. The molecule has 3 N–H and O–H groups in total. The molecule has 1 aliphatic rings. The molecule has 1 unspecified atom stereocenters. The summed E-state index contributed by atoms with van der Waals surface area (Å²) in [6.07, 6.45) is 0.720. The number of amides is 2. The molecule has 0 radical (unpaired) electrons. The lowest BCUT2D eigenvalue weighted by Crippen LogP contribution is -2.30. The summed E-state index contributed by atoms with van der Waals surface area (Å²) >= 11 is 6.12. The minimum atomic E-state index is -0.558. The van der Waals surface area contributed by atoms with E-state index in [9.17, 15) is 9.59 Å².